The lowest BCUT2D eigenvalue weighted by Crippen LogP contribution is -2.41. The Bertz CT molecular complexity index is 444. The Hall–Kier alpha value is -1.48. The van der Waals surface area contributed by atoms with E-state index in [9.17, 15) is 13.6 Å². The monoisotopic (exact) mass is 300 g/mol. The van der Waals surface area contributed by atoms with Crippen molar-refractivity contribution in [3.63, 3.8) is 0 Å². The van der Waals surface area contributed by atoms with Gasteiger partial charge in [0.05, 0.1) is 0 Å². The van der Waals surface area contributed by atoms with Gasteiger partial charge in [-0.15, -0.1) is 0 Å². The van der Waals surface area contributed by atoms with E-state index in [2.05, 4.69) is 4.74 Å². The summed E-state index contributed by atoms with van der Waals surface area (Å²) in [4.78, 5) is 10.4. The molecule has 0 heterocycles. The number of hydrogen-bond acceptors (Lipinski definition) is 5. The fourth-order valence-electron chi connectivity index (χ4n) is 1.72. The topological polar surface area (TPSA) is 122 Å². The Morgan fingerprint density at radius 1 is 1.40 bits per heavy atom. The van der Waals surface area contributed by atoms with Crippen molar-refractivity contribution in [2.75, 3.05) is 19.7 Å². The normalized spacial score (nSPS) is 13.9. The van der Waals surface area contributed by atoms with Gasteiger partial charge >= 0.3 is 6.09 Å². The third-order valence-electron chi connectivity index (χ3n) is 2.57. The third kappa shape index (κ3) is 6.62. The van der Waals surface area contributed by atoms with Gasteiger partial charge in [0.25, 0.3) is 0 Å². The summed E-state index contributed by atoms with van der Waals surface area (Å²) in [5.74, 6) is 0. The van der Waals surface area contributed by atoms with Crippen LogP contribution >= 0.6 is 0 Å². The summed E-state index contributed by atoms with van der Waals surface area (Å²) < 4.78 is 27.7. The van der Waals surface area contributed by atoms with E-state index in [1.54, 1.807) is 0 Å². The Morgan fingerprint density at radius 3 is 2.60 bits per heavy atom. The third-order valence-corrected chi connectivity index (χ3v) is 3.33. The first kappa shape index (κ1) is 16.6. The van der Waals surface area contributed by atoms with E-state index in [1.807, 2.05) is 30.3 Å². The molecule has 0 saturated carbocycles. The van der Waals surface area contributed by atoms with E-state index in [1.165, 1.54) is 0 Å². The number of carbonyl (C=O) groups is 1. The summed E-state index contributed by atoms with van der Waals surface area (Å²) in [6.45, 7) is 0.0794. The molecule has 2 unspecified atom stereocenters. The highest BCUT2D eigenvalue weighted by molar-refractivity contribution is 7.76. The van der Waals surface area contributed by atoms with Gasteiger partial charge in [0.1, 0.15) is 6.61 Å². The number of benzene rings is 1. The quantitative estimate of drug-likeness (QED) is 0.641. The van der Waals surface area contributed by atoms with E-state index in [4.69, 9.17) is 11.5 Å². The molecule has 0 aromatic heterocycles. The van der Waals surface area contributed by atoms with Crippen LogP contribution in [0.25, 0.3) is 0 Å². The van der Waals surface area contributed by atoms with Crippen molar-refractivity contribution in [2.24, 2.45) is 11.5 Å². The number of nitrogens with zero attached hydrogens (tertiary/aromatic N) is 1. The molecule has 2 atom stereocenters. The Morgan fingerprint density at radius 2 is 2.05 bits per heavy atom. The highest BCUT2D eigenvalue weighted by atomic mass is 32.2. The molecule has 1 rings (SSSR count). The highest BCUT2D eigenvalue weighted by Crippen LogP contribution is 2.04. The zero-order chi connectivity index (χ0) is 15.0. The summed E-state index contributed by atoms with van der Waals surface area (Å²) in [6, 6.07) is 9.19. The predicted molar refractivity (Wildman–Crippen MR) is 74.1 cm³/mol. The lowest BCUT2D eigenvalue weighted by Gasteiger charge is -2.26. The smallest absolute Gasteiger partial charge is 0.404 e. The molecule has 8 heteroatoms. The molecule has 0 bridgehead atoms. The van der Waals surface area contributed by atoms with Crippen molar-refractivity contribution < 1.29 is 18.3 Å². The van der Waals surface area contributed by atoms with Crippen molar-refractivity contribution in [3.8, 4) is 0 Å². The van der Waals surface area contributed by atoms with E-state index in [0.717, 1.165) is 9.87 Å². The summed E-state index contributed by atoms with van der Waals surface area (Å²) in [6.07, 6.45) is -0.374. The van der Waals surface area contributed by atoms with Crippen molar-refractivity contribution in [3.05, 3.63) is 35.9 Å². The van der Waals surface area contributed by atoms with Gasteiger partial charge < -0.3 is 20.8 Å². The van der Waals surface area contributed by atoms with E-state index >= 15 is 0 Å². The first-order valence-electron chi connectivity index (χ1n) is 6.05. The van der Waals surface area contributed by atoms with Crippen LogP contribution in [0.2, 0.25) is 0 Å². The molecular weight excluding hydrogens is 282 g/mol. The van der Waals surface area contributed by atoms with Crippen molar-refractivity contribution in [1.29, 1.82) is 0 Å². The number of ether oxygens (including phenoxy) is 1. The molecule has 0 radical (unpaired) electrons. The van der Waals surface area contributed by atoms with Crippen LogP contribution in [0.3, 0.4) is 0 Å². The standard InChI is InChI=1S/C12H19N3O4S/c13-11(8-10-4-2-1-3-5-10)9-15(20(17)18)6-7-19-12(14)16/h1-5,11H,6-9,13H2,(H2,14,16)(H,17,18)/p-1. The van der Waals surface area contributed by atoms with Gasteiger partial charge in [-0.05, 0) is 12.0 Å². The van der Waals surface area contributed by atoms with Gasteiger partial charge in [-0.25, -0.2) is 9.10 Å². The first-order chi connectivity index (χ1) is 9.49. The fourth-order valence-corrected chi connectivity index (χ4v) is 2.25. The SMILES string of the molecule is NC(=O)OCCN(CC(N)Cc1ccccc1)S(=O)[O-]. The second-order valence-corrected chi connectivity index (χ2v) is 5.17. The molecule has 0 saturated heterocycles. The Kier molecular flexibility index (Phi) is 7.16. The summed E-state index contributed by atoms with van der Waals surface area (Å²) in [5, 5.41) is 0. The minimum atomic E-state index is -2.43. The number of nitrogens with two attached hydrogens (primary N) is 2. The molecule has 7 nitrogen and oxygen atoms in total. The van der Waals surface area contributed by atoms with Crippen LogP contribution < -0.4 is 11.5 Å². The summed E-state index contributed by atoms with van der Waals surface area (Å²) in [5.41, 5.74) is 11.8. The van der Waals surface area contributed by atoms with Crippen LogP contribution in [0.15, 0.2) is 30.3 Å². The largest absolute Gasteiger partial charge is 0.760 e. The predicted octanol–water partition coefficient (Wildman–Crippen LogP) is -0.252. The zero-order valence-electron chi connectivity index (χ0n) is 10.9. The Balaban J connectivity index is 2.44. The van der Waals surface area contributed by atoms with Crippen LogP contribution in [0.5, 0.6) is 0 Å². The number of amides is 1. The number of hydrogen-bond donors (Lipinski definition) is 2. The molecule has 1 aromatic rings. The molecule has 0 aliphatic rings. The van der Waals surface area contributed by atoms with Crippen molar-refractivity contribution in [2.45, 2.75) is 12.5 Å². The lowest BCUT2D eigenvalue weighted by molar-refractivity contribution is 0.148. The molecule has 0 aliphatic heterocycles. The number of primary amides is 1. The van der Waals surface area contributed by atoms with Gasteiger partial charge in [0.15, 0.2) is 0 Å². The van der Waals surface area contributed by atoms with Crippen LogP contribution in [-0.4, -0.2) is 44.9 Å². The molecule has 112 valence electrons. The lowest BCUT2D eigenvalue weighted by atomic mass is 10.1. The van der Waals surface area contributed by atoms with E-state index in [0.29, 0.717) is 6.42 Å². The van der Waals surface area contributed by atoms with Crippen molar-refractivity contribution >= 4 is 17.4 Å². The minimum absolute atomic E-state index is 0.0293. The molecule has 1 aromatic carbocycles. The van der Waals surface area contributed by atoms with Gasteiger partial charge in [-0.1, -0.05) is 30.3 Å². The van der Waals surface area contributed by atoms with Gasteiger partial charge in [0, 0.05) is 30.4 Å². The second-order valence-electron chi connectivity index (χ2n) is 4.22. The Labute approximate surface area is 120 Å². The van der Waals surface area contributed by atoms with Gasteiger partial charge in [-0.3, -0.25) is 4.21 Å². The van der Waals surface area contributed by atoms with Crippen LogP contribution in [0.1, 0.15) is 5.56 Å². The maximum absolute atomic E-state index is 11.1. The van der Waals surface area contributed by atoms with Crippen LogP contribution in [0.4, 0.5) is 4.79 Å². The molecule has 0 aliphatic carbocycles. The summed E-state index contributed by atoms with van der Waals surface area (Å²) >= 11 is -2.43. The minimum Gasteiger partial charge on any atom is -0.760 e. The maximum atomic E-state index is 11.1. The highest BCUT2D eigenvalue weighted by Gasteiger charge is 2.12. The summed E-state index contributed by atoms with van der Waals surface area (Å²) in [7, 11) is 0. The van der Waals surface area contributed by atoms with E-state index < -0.39 is 17.4 Å². The molecule has 0 fully saturated rings. The molecule has 1 amide bonds. The van der Waals surface area contributed by atoms with E-state index in [-0.39, 0.29) is 25.7 Å². The average molecular weight is 300 g/mol. The fraction of sp³-hybridized carbons (Fsp3) is 0.417. The second kappa shape index (κ2) is 8.64. The van der Waals surface area contributed by atoms with Crippen LogP contribution in [-0.2, 0) is 22.4 Å². The molecule has 20 heavy (non-hydrogen) atoms. The molecule has 4 N–H and O–H groups in total. The number of carbonyl (C=O) groups excluding carboxylic acids is 1. The van der Waals surface area contributed by atoms with Crippen molar-refractivity contribution in [1.82, 2.24) is 4.31 Å². The first-order valence-corrected chi connectivity index (χ1v) is 7.08. The maximum Gasteiger partial charge on any atom is 0.404 e. The molecular formula is C12H18N3O4S-. The average Bonchev–Trinajstić information content (AvgIpc) is 2.38. The molecule has 0 spiro atoms. The zero-order valence-corrected chi connectivity index (χ0v) is 11.8. The van der Waals surface area contributed by atoms with Crippen LogP contribution in [0, 0.1) is 0 Å². The van der Waals surface area contributed by atoms with Gasteiger partial charge in [0.2, 0.25) is 0 Å². The number of rotatable bonds is 8. The van der Waals surface area contributed by atoms with Gasteiger partial charge in [-0.2, -0.15) is 0 Å².